The number of ether oxygens (including phenoxy) is 1. The minimum absolute atomic E-state index is 0.106. The molecule has 31 heavy (non-hydrogen) atoms. The highest BCUT2D eigenvalue weighted by Crippen LogP contribution is 2.20. The summed E-state index contributed by atoms with van der Waals surface area (Å²) in [6.45, 7) is 3.61. The number of benzene rings is 3. The van der Waals surface area contributed by atoms with Crippen LogP contribution in [0.15, 0.2) is 82.2 Å². The van der Waals surface area contributed by atoms with Gasteiger partial charge in [0.1, 0.15) is 5.75 Å². The molecule has 0 aliphatic rings. The molecule has 1 unspecified atom stereocenters. The van der Waals surface area contributed by atoms with Crippen LogP contribution in [0.25, 0.3) is 0 Å². The van der Waals surface area contributed by atoms with Gasteiger partial charge in [0.05, 0.1) is 10.9 Å². The van der Waals surface area contributed by atoms with Crippen LogP contribution >= 0.6 is 15.9 Å². The predicted octanol–water partition coefficient (Wildman–Crippen LogP) is 4.81. The lowest BCUT2D eigenvalue weighted by molar-refractivity contribution is -0.123. The summed E-state index contributed by atoms with van der Waals surface area (Å²) in [7, 11) is -3.72. The summed E-state index contributed by atoms with van der Waals surface area (Å²) >= 11 is 3.38. The van der Waals surface area contributed by atoms with Gasteiger partial charge in [-0.3, -0.25) is 9.52 Å². The number of hydrogen-bond donors (Lipinski definition) is 2. The van der Waals surface area contributed by atoms with Gasteiger partial charge in [0.2, 0.25) is 0 Å². The highest BCUT2D eigenvalue weighted by atomic mass is 79.9. The Hall–Kier alpha value is -2.84. The third-order valence-electron chi connectivity index (χ3n) is 4.52. The fourth-order valence-corrected chi connectivity index (χ4v) is 4.22. The Morgan fingerprint density at radius 3 is 2.35 bits per heavy atom. The van der Waals surface area contributed by atoms with Gasteiger partial charge in [-0.05, 0) is 73.5 Å². The molecule has 0 bridgehead atoms. The van der Waals surface area contributed by atoms with E-state index in [1.165, 1.54) is 24.3 Å². The zero-order valence-electron chi connectivity index (χ0n) is 17.1. The maximum atomic E-state index is 12.5. The molecule has 2 N–H and O–H groups in total. The number of aryl methyl sites for hydroxylation is 1. The minimum Gasteiger partial charge on any atom is -0.484 e. The number of halogens is 1. The summed E-state index contributed by atoms with van der Waals surface area (Å²) in [5.41, 5.74) is 2.43. The summed E-state index contributed by atoms with van der Waals surface area (Å²) in [6.07, 6.45) is 0. The van der Waals surface area contributed by atoms with E-state index in [0.29, 0.717) is 11.4 Å². The summed E-state index contributed by atoms with van der Waals surface area (Å²) in [5, 5.41) is 2.87. The second-order valence-electron chi connectivity index (χ2n) is 7.08. The number of carbonyl (C=O) groups is 1. The first kappa shape index (κ1) is 22.8. The molecule has 1 atom stereocenters. The van der Waals surface area contributed by atoms with Crippen molar-refractivity contribution in [1.82, 2.24) is 5.32 Å². The number of anilines is 1. The zero-order chi connectivity index (χ0) is 22.4. The van der Waals surface area contributed by atoms with Crippen LogP contribution in [0.1, 0.15) is 24.1 Å². The van der Waals surface area contributed by atoms with Gasteiger partial charge < -0.3 is 10.1 Å². The number of amides is 1. The minimum atomic E-state index is -3.72. The second-order valence-corrected chi connectivity index (χ2v) is 9.67. The van der Waals surface area contributed by atoms with Crippen LogP contribution in [0.3, 0.4) is 0 Å². The Labute approximate surface area is 190 Å². The smallest absolute Gasteiger partial charge is 0.261 e. The third-order valence-corrected chi connectivity index (χ3v) is 6.45. The molecule has 3 rings (SSSR count). The van der Waals surface area contributed by atoms with Crippen molar-refractivity contribution in [2.45, 2.75) is 24.8 Å². The molecule has 3 aromatic rings. The molecule has 0 heterocycles. The lowest BCUT2D eigenvalue weighted by Crippen LogP contribution is -2.31. The lowest BCUT2D eigenvalue weighted by atomic mass is 10.1. The van der Waals surface area contributed by atoms with Crippen molar-refractivity contribution >= 4 is 37.5 Å². The normalized spacial score (nSPS) is 12.1. The number of hydrogen-bond acceptors (Lipinski definition) is 4. The number of nitrogens with one attached hydrogen (secondary N) is 2. The Bertz CT molecular complexity index is 1150. The Morgan fingerprint density at radius 2 is 1.71 bits per heavy atom. The molecular weight excluding hydrogens is 480 g/mol. The molecule has 0 aliphatic heterocycles. The Morgan fingerprint density at radius 1 is 1.03 bits per heavy atom. The molecule has 0 aliphatic carbocycles. The topological polar surface area (TPSA) is 84.5 Å². The van der Waals surface area contributed by atoms with Crippen LogP contribution in [0.4, 0.5) is 5.69 Å². The molecule has 162 valence electrons. The summed E-state index contributed by atoms with van der Waals surface area (Å²) in [4.78, 5) is 12.3. The van der Waals surface area contributed by atoms with Crippen molar-refractivity contribution < 1.29 is 17.9 Å². The zero-order valence-corrected chi connectivity index (χ0v) is 19.5. The average molecular weight is 503 g/mol. The molecule has 0 aromatic heterocycles. The number of sulfonamides is 1. The van der Waals surface area contributed by atoms with Crippen LogP contribution in [0.2, 0.25) is 0 Å². The highest BCUT2D eigenvalue weighted by molar-refractivity contribution is 9.10. The molecule has 6 nitrogen and oxygen atoms in total. The predicted molar refractivity (Wildman–Crippen MR) is 125 cm³/mol. The maximum Gasteiger partial charge on any atom is 0.261 e. The maximum absolute atomic E-state index is 12.5. The second kappa shape index (κ2) is 9.98. The summed E-state index contributed by atoms with van der Waals surface area (Å²) in [6, 6.07) is 20.6. The van der Waals surface area contributed by atoms with E-state index in [-0.39, 0.29) is 23.5 Å². The molecule has 0 saturated heterocycles. The van der Waals surface area contributed by atoms with E-state index >= 15 is 0 Å². The molecular formula is C23H23BrN2O4S. The van der Waals surface area contributed by atoms with Crippen molar-refractivity contribution in [2.75, 3.05) is 11.3 Å². The van der Waals surface area contributed by atoms with E-state index in [2.05, 4.69) is 26.0 Å². The standard InChI is InChI=1S/C23H23BrN2O4S/c1-16-4-3-5-20(14-16)26-31(28,29)22-12-10-21(11-13-22)30-15-23(27)25-17(2)18-6-8-19(24)9-7-18/h3-14,17,26H,15H2,1-2H3,(H,25,27). The molecule has 0 saturated carbocycles. The average Bonchev–Trinajstić information content (AvgIpc) is 2.72. The van der Waals surface area contributed by atoms with E-state index in [0.717, 1.165) is 15.6 Å². The van der Waals surface area contributed by atoms with Gasteiger partial charge in [0, 0.05) is 10.2 Å². The quantitative estimate of drug-likeness (QED) is 0.462. The van der Waals surface area contributed by atoms with Crippen LogP contribution in [-0.2, 0) is 14.8 Å². The SMILES string of the molecule is Cc1cccc(NS(=O)(=O)c2ccc(OCC(=O)NC(C)c3ccc(Br)cc3)cc2)c1. The van der Waals surface area contributed by atoms with Crippen molar-refractivity contribution in [3.63, 3.8) is 0 Å². The van der Waals surface area contributed by atoms with Crippen molar-refractivity contribution in [3.05, 3.63) is 88.4 Å². The van der Waals surface area contributed by atoms with E-state index in [1.807, 2.05) is 44.2 Å². The lowest BCUT2D eigenvalue weighted by Gasteiger charge is -2.15. The third kappa shape index (κ3) is 6.57. The van der Waals surface area contributed by atoms with Crippen LogP contribution in [-0.4, -0.2) is 20.9 Å². The van der Waals surface area contributed by atoms with E-state index in [1.54, 1.807) is 18.2 Å². The van der Waals surface area contributed by atoms with Gasteiger partial charge >= 0.3 is 0 Å². The van der Waals surface area contributed by atoms with Crippen LogP contribution in [0.5, 0.6) is 5.75 Å². The molecule has 0 spiro atoms. The Kier molecular flexibility index (Phi) is 7.35. The van der Waals surface area contributed by atoms with E-state index in [4.69, 9.17) is 4.74 Å². The van der Waals surface area contributed by atoms with Gasteiger partial charge in [-0.1, -0.05) is 40.2 Å². The highest BCUT2D eigenvalue weighted by Gasteiger charge is 2.15. The molecule has 3 aromatic carbocycles. The van der Waals surface area contributed by atoms with Crippen molar-refractivity contribution in [2.24, 2.45) is 0 Å². The fourth-order valence-electron chi connectivity index (χ4n) is 2.90. The van der Waals surface area contributed by atoms with Gasteiger partial charge in [-0.25, -0.2) is 8.42 Å². The number of carbonyl (C=O) groups excluding carboxylic acids is 1. The van der Waals surface area contributed by atoms with Crippen molar-refractivity contribution in [1.29, 1.82) is 0 Å². The van der Waals surface area contributed by atoms with Crippen molar-refractivity contribution in [3.8, 4) is 5.75 Å². The van der Waals surface area contributed by atoms with Gasteiger partial charge in [-0.2, -0.15) is 0 Å². The Balaban J connectivity index is 1.55. The molecule has 0 fully saturated rings. The van der Waals surface area contributed by atoms with E-state index in [9.17, 15) is 13.2 Å². The molecule has 8 heteroatoms. The first-order chi connectivity index (χ1) is 14.7. The van der Waals surface area contributed by atoms with Crippen LogP contribution < -0.4 is 14.8 Å². The monoisotopic (exact) mass is 502 g/mol. The largest absolute Gasteiger partial charge is 0.484 e. The summed E-state index contributed by atoms with van der Waals surface area (Å²) < 4.78 is 34.1. The first-order valence-electron chi connectivity index (χ1n) is 9.60. The van der Waals surface area contributed by atoms with E-state index < -0.39 is 10.0 Å². The number of rotatable bonds is 8. The van der Waals surface area contributed by atoms with Crippen LogP contribution in [0, 0.1) is 6.92 Å². The van der Waals surface area contributed by atoms with Gasteiger partial charge in [-0.15, -0.1) is 0 Å². The molecule has 0 radical (unpaired) electrons. The fraction of sp³-hybridized carbons (Fsp3) is 0.174. The van der Waals surface area contributed by atoms with Gasteiger partial charge in [0.15, 0.2) is 6.61 Å². The molecule has 1 amide bonds. The summed E-state index contributed by atoms with van der Waals surface area (Å²) in [5.74, 6) is 0.134. The van der Waals surface area contributed by atoms with Gasteiger partial charge in [0.25, 0.3) is 15.9 Å². The first-order valence-corrected chi connectivity index (χ1v) is 11.9.